The summed E-state index contributed by atoms with van der Waals surface area (Å²) in [5, 5.41) is 2.73. The highest BCUT2D eigenvalue weighted by molar-refractivity contribution is 5.76. The number of hydrogen-bond acceptors (Lipinski definition) is 2. The lowest BCUT2D eigenvalue weighted by Crippen LogP contribution is -2.60. The summed E-state index contributed by atoms with van der Waals surface area (Å²) in [5.41, 5.74) is 0. The Bertz CT molecular complexity index is 190. The van der Waals surface area contributed by atoms with Crippen molar-refractivity contribution in [3.05, 3.63) is 0 Å². The number of likely N-dealkylation sites (tertiary alicyclic amines) is 1. The number of amides is 2. The van der Waals surface area contributed by atoms with Gasteiger partial charge in [0, 0.05) is 28.4 Å². The third-order valence-electron chi connectivity index (χ3n) is 1.73. The molecule has 0 unspecified atom stereocenters. The minimum atomic E-state index is -0.0294. The summed E-state index contributed by atoms with van der Waals surface area (Å²) in [6.45, 7) is 4.34. The van der Waals surface area contributed by atoms with E-state index in [0.29, 0.717) is 13.1 Å². The lowest BCUT2D eigenvalue weighted by atomic mass is 10.1. The highest BCUT2D eigenvalue weighted by Gasteiger charge is 2.28. The van der Waals surface area contributed by atoms with Crippen LogP contribution in [0, 0.1) is 0 Å². The van der Waals surface area contributed by atoms with Gasteiger partial charge in [0.1, 0.15) is 0 Å². The molecule has 1 N–H and O–H groups in total. The SMILES string of the molecule is CC(=O)NC1CN(C(C)=O)C1.[HH]. The van der Waals surface area contributed by atoms with Gasteiger partial charge in [0.2, 0.25) is 11.8 Å². The van der Waals surface area contributed by atoms with Crippen molar-refractivity contribution in [2.24, 2.45) is 0 Å². The maximum atomic E-state index is 10.7. The minimum absolute atomic E-state index is 0. The zero-order valence-electron chi connectivity index (χ0n) is 6.76. The van der Waals surface area contributed by atoms with Crippen LogP contribution in [0.1, 0.15) is 15.3 Å². The Balaban J connectivity index is 0.00000121. The van der Waals surface area contributed by atoms with Crippen molar-refractivity contribution in [3.8, 4) is 0 Å². The van der Waals surface area contributed by atoms with E-state index in [9.17, 15) is 9.59 Å². The first-order valence-electron chi connectivity index (χ1n) is 3.62. The zero-order chi connectivity index (χ0) is 8.43. The summed E-state index contributed by atoms with van der Waals surface area (Å²) in [6, 6.07) is 0.177. The number of rotatable bonds is 1. The average Bonchev–Trinajstić information content (AvgIpc) is 1.75. The maximum absolute atomic E-state index is 10.7. The monoisotopic (exact) mass is 158 g/mol. The fourth-order valence-electron chi connectivity index (χ4n) is 1.11. The van der Waals surface area contributed by atoms with E-state index in [1.807, 2.05) is 0 Å². The molecule has 4 nitrogen and oxygen atoms in total. The van der Waals surface area contributed by atoms with Crippen molar-refractivity contribution in [1.29, 1.82) is 0 Å². The molecular weight excluding hydrogens is 144 g/mol. The Morgan fingerprint density at radius 1 is 1.45 bits per heavy atom. The second kappa shape index (κ2) is 2.90. The molecule has 0 aromatic rings. The Labute approximate surface area is 67.0 Å². The van der Waals surface area contributed by atoms with E-state index >= 15 is 0 Å². The predicted octanol–water partition coefficient (Wildman–Crippen LogP) is -0.401. The van der Waals surface area contributed by atoms with E-state index in [4.69, 9.17) is 0 Å². The topological polar surface area (TPSA) is 49.4 Å². The van der Waals surface area contributed by atoms with Gasteiger partial charge in [-0.1, -0.05) is 0 Å². The van der Waals surface area contributed by atoms with Crippen LogP contribution in [0.4, 0.5) is 0 Å². The smallest absolute Gasteiger partial charge is 0.219 e. The van der Waals surface area contributed by atoms with Crippen molar-refractivity contribution in [3.63, 3.8) is 0 Å². The van der Waals surface area contributed by atoms with Crippen LogP contribution < -0.4 is 5.32 Å². The summed E-state index contributed by atoms with van der Waals surface area (Å²) < 4.78 is 0. The second-order valence-corrected chi connectivity index (χ2v) is 2.82. The van der Waals surface area contributed by atoms with Gasteiger partial charge < -0.3 is 10.2 Å². The number of carbonyl (C=O) groups is 2. The van der Waals surface area contributed by atoms with Crippen LogP contribution in [0.2, 0.25) is 0 Å². The largest absolute Gasteiger partial charge is 0.350 e. The predicted molar refractivity (Wildman–Crippen MR) is 42.0 cm³/mol. The van der Waals surface area contributed by atoms with Crippen LogP contribution in [-0.4, -0.2) is 35.8 Å². The Morgan fingerprint density at radius 3 is 2.36 bits per heavy atom. The lowest BCUT2D eigenvalue weighted by Gasteiger charge is -2.38. The second-order valence-electron chi connectivity index (χ2n) is 2.82. The molecule has 0 radical (unpaired) electrons. The first-order chi connectivity index (χ1) is 5.09. The van der Waals surface area contributed by atoms with Gasteiger partial charge in [0.05, 0.1) is 6.04 Å². The molecule has 64 valence electrons. The van der Waals surface area contributed by atoms with E-state index in [0.717, 1.165) is 0 Å². The molecule has 0 spiro atoms. The van der Waals surface area contributed by atoms with E-state index in [1.54, 1.807) is 4.90 Å². The molecule has 0 atom stereocenters. The highest BCUT2D eigenvalue weighted by Crippen LogP contribution is 2.06. The third kappa shape index (κ3) is 1.93. The van der Waals surface area contributed by atoms with Gasteiger partial charge in [-0.2, -0.15) is 0 Å². The first-order valence-corrected chi connectivity index (χ1v) is 3.62. The standard InChI is InChI=1S/C7H12N2O2.H2/c1-5(10)8-7-3-9(4-7)6(2)11;/h7H,3-4H2,1-2H3,(H,8,10);1H. The first kappa shape index (κ1) is 8.04. The van der Waals surface area contributed by atoms with Gasteiger partial charge in [-0.3, -0.25) is 9.59 Å². The molecule has 1 aliphatic heterocycles. The summed E-state index contributed by atoms with van der Waals surface area (Å²) >= 11 is 0. The number of nitrogens with one attached hydrogen (secondary N) is 1. The number of carbonyl (C=O) groups excluding carboxylic acids is 2. The maximum Gasteiger partial charge on any atom is 0.219 e. The van der Waals surface area contributed by atoms with Crippen molar-refractivity contribution >= 4 is 11.8 Å². The molecule has 0 saturated carbocycles. The van der Waals surface area contributed by atoms with Gasteiger partial charge in [-0.25, -0.2) is 0 Å². The molecule has 1 saturated heterocycles. The summed E-state index contributed by atoms with van der Waals surface area (Å²) in [7, 11) is 0. The molecule has 0 aliphatic carbocycles. The zero-order valence-corrected chi connectivity index (χ0v) is 6.76. The summed E-state index contributed by atoms with van der Waals surface area (Å²) in [4.78, 5) is 22.9. The fourth-order valence-corrected chi connectivity index (χ4v) is 1.11. The van der Waals surface area contributed by atoms with Crippen LogP contribution >= 0.6 is 0 Å². The van der Waals surface area contributed by atoms with Crippen molar-refractivity contribution in [2.45, 2.75) is 19.9 Å². The van der Waals surface area contributed by atoms with Gasteiger partial charge in [-0.05, 0) is 0 Å². The van der Waals surface area contributed by atoms with Gasteiger partial charge in [0.25, 0.3) is 0 Å². The van der Waals surface area contributed by atoms with Gasteiger partial charge in [-0.15, -0.1) is 0 Å². The molecule has 11 heavy (non-hydrogen) atoms. The third-order valence-corrected chi connectivity index (χ3v) is 1.73. The number of hydrogen-bond donors (Lipinski definition) is 1. The van der Waals surface area contributed by atoms with Crippen LogP contribution in [0.5, 0.6) is 0 Å². The molecule has 4 heteroatoms. The van der Waals surface area contributed by atoms with Gasteiger partial charge >= 0.3 is 0 Å². The molecule has 1 fully saturated rings. The minimum Gasteiger partial charge on any atom is -0.350 e. The van der Waals surface area contributed by atoms with Gasteiger partial charge in [0.15, 0.2) is 0 Å². The molecule has 1 heterocycles. The number of nitrogens with zero attached hydrogens (tertiary/aromatic N) is 1. The normalized spacial score (nSPS) is 17.5. The molecule has 1 rings (SSSR count). The Hall–Kier alpha value is -1.06. The Kier molecular flexibility index (Phi) is 2.12. The van der Waals surface area contributed by atoms with Crippen LogP contribution in [0.3, 0.4) is 0 Å². The molecule has 2 amide bonds. The van der Waals surface area contributed by atoms with Crippen LogP contribution in [0.15, 0.2) is 0 Å². The van der Waals surface area contributed by atoms with Crippen LogP contribution in [-0.2, 0) is 9.59 Å². The molecular formula is C7H14N2O2. The van der Waals surface area contributed by atoms with Crippen molar-refractivity contribution < 1.29 is 11.0 Å². The van der Waals surface area contributed by atoms with Crippen molar-refractivity contribution in [2.75, 3.05) is 13.1 Å². The quantitative estimate of drug-likeness (QED) is 0.564. The Morgan fingerprint density at radius 2 is 2.00 bits per heavy atom. The van der Waals surface area contributed by atoms with E-state index < -0.39 is 0 Å². The highest BCUT2D eigenvalue weighted by atomic mass is 16.2. The molecule has 0 bridgehead atoms. The van der Waals surface area contributed by atoms with Crippen molar-refractivity contribution in [1.82, 2.24) is 10.2 Å². The molecule has 0 aromatic heterocycles. The van der Waals surface area contributed by atoms with E-state index in [2.05, 4.69) is 5.32 Å². The van der Waals surface area contributed by atoms with E-state index in [1.165, 1.54) is 13.8 Å². The lowest BCUT2D eigenvalue weighted by molar-refractivity contribution is -0.135. The molecule has 1 aliphatic rings. The fraction of sp³-hybridized carbons (Fsp3) is 0.714. The van der Waals surface area contributed by atoms with E-state index in [-0.39, 0.29) is 19.3 Å². The summed E-state index contributed by atoms with van der Waals surface area (Å²) in [5.74, 6) is 0.0461. The average molecular weight is 158 g/mol. The molecule has 0 aromatic carbocycles. The van der Waals surface area contributed by atoms with Crippen LogP contribution in [0.25, 0.3) is 0 Å². The summed E-state index contributed by atoms with van der Waals surface area (Å²) in [6.07, 6.45) is 0.